The van der Waals surface area contributed by atoms with Crippen molar-refractivity contribution < 1.29 is 4.74 Å². The predicted molar refractivity (Wildman–Crippen MR) is 76.4 cm³/mol. The SMILES string of the molecule is c1cnc(N(Cc2cccs2)CC2CCCO2)nc1. The number of hydrogen-bond acceptors (Lipinski definition) is 5. The lowest BCUT2D eigenvalue weighted by atomic mass is 10.2. The van der Waals surface area contributed by atoms with E-state index in [-0.39, 0.29) is 0 Å². The molecule has 1 saturated heterocycles. The van der Waals surface area contributed by atoms with Crippen LogP contribution in [-0.4, -0.2) is 29.2 Å². The van der Waals surface area contributed by atoms with Gasteiger partial charge in [0.05, 0.1) is 12.6 Å². The first-order valence-electron chi connectivity index (χ1n) is 6.58. The molecule has 1 atom stereocenters. The van der Waals surface area contributed by atoms with Crippen LogP contribution in [-0.2, 0) is 11.3 Å². The van der Waals surface area contributed by atoms with Gasteiger partial charge in [0.2, 0.25) is 5.95 Å². The van der Waals surface area contributed by atoms with Gasteiger partial charge >= 0.3 is 0 Å². The molecule has 1 unspecified atom stereocenters. The topological polar surface area (TPSA) is 38.2 Å². The minimum absolute atomic E-state index is 0.309. The molecule has 0 amide bonds. The zero-order valence-corrected chi connectivity index (χ0v) is 11.6. The number of rotatable bonds is 5. The van der Waals surface area contributed by atoms with Crippen molar-refractivity contribution in [2.24, 2.45) is 0 Å². The van der Waals surface area contributed by atoms with E-state index in [0.29, 0.717) is 6.10 Å². The van der Waals surface area contributed by atoms with Crippen LogP contribution in [0.3, 0.4) is 0 Å². The Hall–Kier alpha value is -1.46. The second kappa shape index (κ2) is 6.12. The van der Waals surface area contributed by atoms with E-state index < -0.39 is 0 Å². The number of hydrogen-bond donors (Lipinski definition) is 0. The minimum atomic E-state index is 0.309. The van der Waals surface area contributed by atoms with Crippen molar-refractivity contribution in [3.05, 3.63) is 40.8 Å². The fourth-order valence-electron chi connectivity index (χ4n) is 2.30. The Kier molecular flexibility index (Phi) is 4.05. The average molecular weight is 275 g/mol. The Morgan fingerprint density at radius 3 is 2.89 bits per heavy atom. The van der Waals surface area contributed by atoms with Gasteiger partial charge in [-0.05, 0) is 30.4 Å². The van der Waals surface area contributed by atoms with Gasteiger partial charge in [0, 0.05) is 30.4 Å². The second-order valence-electron chi connectivity index (χ2n) is 4.64. The Labute approximate surface area is 117 Å². The molecule has 1 aliphatic heterocycles. The molecule has 0 saturated carbocycles. The summed E-state index contributed by atoms with van der Waals surface area (Å²) < 4.78 is 5.73. The zero-order chi connectivity index (χ0) is 12.9. The van der Waals surface area contributed by atoms with E-state index in [2.05, 4.69) is 32.4 Å². The highest BCUT2D eigenvalue weighted by Gasteiger charge is 2.21. The summed E-state index contributed by atoms with van der Waals surface area (Å²) in [6, 6.07) is 6.07. The summed E-state index contributed by atoms with van der Waals surface area (Å²) in [5.41, 5.74) is 0. The molecule has 4 nitrogen and oxygen atoms in total. The summed E-state index contributed by atoms with van der Waals surface area (Å²) in [6.07, 6.45) is 6.18. The average Bonchev–Trinajstić information content (AvgIpc) is 3.12. The van der Waals surface area contributed by atoms with Gasteiger partial charge in [0.1, 0.15) is 0 Å². The van der Waals surface area contributed by atoms with Crippen molar-refractivity contribution in [3.8, 4) is 0 Å². The van der Waals surface area contributed by atoms with Gasteiger partial charge < -0.3 is 9.64 Å². The molecular weight excluding hydrogens is 258 g/mol. The first-order valence-corrected chi connectivity index (χ1v) is 7.46. The summed E-state index contributed by atoms with van der Waals surface area (Å²) in [4.78, 5) is 12.3. The Bertz CT molecular complexity index is 483. The van der Waals surface area contributed by atoms with E-state index in [4.69, 9.17) is 4.74 Å². The van der Waals surface area contributed by atoms with Crippen molar-refractivity contribution in [1.82, 2.24) is 9.97 Å². The van der Waals surface area contributed by atoms with Crippen LogP contribution >= 0.6 is 11.3 Å². The second-order valence-corrected chi connectivity index (χ2v) is 5.68. The van der Waals surface area contributed by atoms with E-state index in [9.17, 15) is 0 Å². The van der Waals surface area contributed by atoms with Gasteiger partial charge in [-0.15, -0.1) is 11.3 Å². The van der Waals surface area contributed by atoms with Gasteiger partial charge in [-0.2, -0.15) is 0 Å². The van der Waals surface area contributed by atoms with Crippen molar-refractivity contribution in [3.63, 3.8) is 0 Å². The molecule has 0 aliphatic carbocycles. The van der Waals surface area contributed by atoms with Crippen LogP contribution in [0.25, 0.3) is 0 Å². The highest BCUT2D eigenvalue weighted by Crippen LogP contribution is 2.19. The maximum atomic E-state index is 5.73. The number of aromatic nitrogens is 2. The molecule has 2 aromatic heterocycles. The molecule has 0 bridgehead atoms. The molecule has 5 heteroatoms. The highest BCUT2D eigenvalue weighted by atomic mass is 32.1. The lowest BCUT2D eigenvalue weighted by Gasteiger charge is -2.24. The molecule has 0 aromatic carbocycles. The smallest absolute Gasteiger partial charge is 0.225 e. The quantitative estimate of drug-likeness (QED) is 0.841. The van der Waals surface area contributed by atoms with Crippen LogP contribution < -0.4 is 4.90 Å². The molecule has 1 fully saturated rings. The van der Waals surface area contributed by atoms with Gasteiger partial charge in [0.25, 0.3) is 0 Å². The van der Waals surface area contributed by atoms with Crippen LogP contribution in [0, 0.1) is 0 Å². The maximum absolute atomic E-state index is 5.73. The molecule has 0 N–H and O–H groups in total. The third-order valence-electron chi connectivity index (χ3n) is 3.21. The van der Waals surface area contributed by atoms with Crippen LogP contribution in [0.2, 0.25) is 0 Å². The summed E-state index contributed by atoms with van der Waals surface area (Å²) in [7, 11) is 0. The summed E-state index contributed by atoms with van der Waals surface area (Å²) in [6.45, 7) is 2.59. The third kappa shape index (κ3) is 3.30. The fraction of sp³-hybridized carbons (Fsp3) is 0.429. The van der Waals surface area contributed by atoms with E-state index in [1.54, 1.807) is 23.7 Å². The summed E-state index contributed by atoms with van der Waals surface area (Å²) >= 11 is 1.77. The Morgan fingerprint density at radius 2 is 2.21 bits per heavy atom. The molecule has 100 valence electrons. The van der Waals surface area contributed by atoms with E-state index in [1.165, 1.54) is 4.88 Å². The van der Waals surface area contributed by atoms with Crippen LogP contribution in [0.5, 0.6) is 0 Å². The molecule has 3 heterocycles. The van der Waals surface area contributed by atoms with Crippen molar-refractivity contribution in [2.75, 3.05) is 18.1 Å². The van der Waals surface area contributed by atoms with E-state index >= 15 is 0 Å². The fourth-order valence-corrected chi connectivity index (χ4v) is 3.02. The van der Waals surface area contributed by atoms with Gasteiger partial charge in [0.15, 0.2) is 0 Å². The standard InChI is InChI=1S/C14H17N3OS/c1-4-12(18-8-1)10-17(11-13-5-2-9-19-13)14-15-6-3-7-16-14/h2-3,5-7,9,12H,1,4,8,10-11H2. The lowest BCUT2D eigenvalue weighted by molar-refractivity contribution is 0.115. The molecule has 0 radical (unpaired) electrons. The number of nitrogens with zero attached hydrogens (tertiary/aromatic N) is 3. The monoisotopic (exact) mass is 275 g/mol. The van der Waals surface area contributed by atoms with Crippen LogP contribution in [0.4, 0.5) is 5.95 Å². The molecule has 2 aromatic rings. The number of thiophene rings is 1. The highest BCUT2D eigenvalue weighted by molar-refractivity contribution is 7.09. The van der Waals surface area contributed by atoms with E-state index in [0.717, 1.165) is 38.5 Å². The van der Waals surface area contributed by atoms with Crippen molar-refractivity contribution in [2.45, 2.75) is 25.5 Å². The van der Waals surface area contributed by atoms with Crippen molar-refractivity contribution >= 4 is 17.3 Å². The van der Waals surface area contributed by atoms with Crippen LogP contribution in [0.1, 0.15) is 17.7 Å². The van der Waals surface area contributed by atoms with Crippen LogP contribution in [0.15, 0.2) is 36.0 Å². The van der Waals surface area contributed by atoms with Gasteiger partial charge in [-0.1, -0.05) is 6.07 Å². The predicted octanol–water partition coefficient (Wildman–Crippen LogP) is 2.72. The first kappa shape index (κ1) is 12.6. The van der Waals surface area contributed by atoms with Crippen molar-refractivity contribution in [1.29, 1.82) is 0 Å². The minimum Gasteiger partial charge on any atom is -0.376 e. The van der Waals surface area contributed by atoms with E-state index in [1.807, 2.05) is 6.07 Å². The molecule has 0 spiro atoms. The molecule has 19 heavy (non-hydrogen) atoms. The normalized spacial score (nSPS) is 18.6. The maximum Gasteiger partial charge on any atom is 0.225 e. The molecular formula is C14H17N3OS. The Morgan fingerprint density at radius 1 is 1.32 bits per heavy atom. The summed E-state index contributed by atoms with van der Waals surface area (Å²) in [5.74, 6) is 0.784. The van der Waals surface area contributed by atoms with Gasteiger partial charge in [-0.25, -0.2) is 9.97 Å². The van der Waals surface area contributed by atoms with Gasteiger partial charge in [-0.3, -0.25) is 0 Å². The largest absolute Gasteiger partial charge is 0.376 e. The lowest BCUT2D eigenvalue weighted by Crippen LogP contribution is -2.32. The molecule has 1 aliphatic rings. The first-order chi connectivity index (χ1) is 9.42. The third-order valence-corrected chi connectivity index (χ3v) is 4.07. The Balaban J connectivity index is 1.74. The number of anilines is 1. The molecule has 3 rings (SSSR count). The number of ether oxygens (including phenoxy) is 1. The summed E-state index contributed by atoms with van der Waals surface area (Å²) in [5, 5.41) is 2.10. The zero-order valence-electron chi connectivity index (χ0n) is 10.7.